The van der Waals surface area contributed by atoms with E-state index in [-0.39, 0.29) is 0 Å². The lowest BCUT2D eigenvalue weighted by molar-refractivity contribution is 0.175. The fraction of sp³-hybridized carbons (Fsp3) is 0.833. The maximum atomic E-state index is 5.21. The van der Waals surface area contributed by atoms with Gasteiger partial charge < -0.3 is 10.2 Å². The van der Waals surface area contributed by atoms with Crippen molar-refractivity contribution in [2.75, 3.05) is 26.7 Å². The van der Waals surface area contributed by atoms with Crippen LogP contribution in [0.5, 0.6) is 0 Å². The van der Waals surface area contributed by atoms with Crippen LogP contribution in [0.4, 0.5) is 0 Å². The van der Waals surface area contributed by atoms with Crippen LogP contribution < -0.4 is 5.32 Å². The Morgan fingerprint density at radius 3 is 3.00 bits per heavy atom. The smallest absolute Gasteiger partial charge is 0.0117 e. The number of piperidine rings is 1. The second-order valence-corrected chi connectivity index (χ2v) is 4.40. The van der Waals surface area contributed by atoms with Gasteiger partial charge in [0.25, 0.3) is 0 Å². The Bertz CT molecular complexity index is 195. The largest absolute Gasteiger partial charge is 0.314 e. The summed E-state index contributed by atoms with van der Waals surface area (Å²) in [6.07, 6.45) is 8.48. The molecule has 1 aliphatic heterocycles. The third kappa shape index (κ3) is 3.69. The first kappa shape index (κ1) is 11.6. The summed E-state index contributed by atoms with van der Waals surface area (Å²) in [4.78, 5) is 2.41. The highest BCUT2D eigenvalue weighted by molar-refractivity contribution is 4.85. The van der Waals surface area contributed by atoms with Gasteiger partial charge in [0.15, 0.2) is 0 Å². The van der Waals surface area contributed by atoms with E-state index in [1.165, 1.54) is 19.5 Å². The Kier molecular flexibility index (Phi) is 5.00. The van der Waals surface area contributed by atoms with Crippen molar-refractivity contribution >= 4 is 0 Å². The first-order valence-corrected chi connectivity index (χ1v) is 5.59. The van der Waals surface area contributed by atoms with Crippen molar-refractivity contribution in [1.29, 1.82) is 0 Å². The zero-order valence-corrected chi connectivity index (χ0v) is 9.42. The van der Waals surface area contributed by atoms with Crippen molar-refractivity contribution in [3.8, 4) is 12.3 Å². The molecule has 2 heteroatoms. The third-order valence-electron chi connectivity index (χ3n) is 3.01. The molecule has 1 fully saturated rings. The highest BCUT2D eigenvalue weighted by Crippen LogP contribution is 2.15. The zero-order valence-electron chi connectivity index (χ0n) is 9.42. The maximum Gasteiger partial charge on any atom is 0.0117 e. The molecule has 0 spiro atoms. The minimum absolute atomic E-state index is 0.698. The van der Waals surface area contributed by atoms with Crippen LogP contribution in [0.25, 0.3) is 0 Å². The zero-order chi connectivity index (χ0) is 10.4. The molecule has 1 rings (SSSR count). The summed E-state index contributed by atoms with van der Waals surface area (Å²) in [5.74, 6) is 3.44. The molecule has 2 nitrogen and oxygen atoms in total. The minimum Gasteiger partial charge on any atom is -0.314 e. The van der Waals surface area contributed by atoms with Gasteiger partial charge in [-0.05, 0) is 38.9 Å². The van der Waals surface area contributed by atoms with Gasteiger partial charge >= 0.3 is 0 Å². The van der Waals surface area contributed by atoms with E-state index in [1.54, 1.807) is 0 Å². The van der Waals surface area contributed by atoms with E-state index in [1.807, 2.05) is 0 Å². The summed E-state index contributed by atoms with van der Waals surface area (Å²) >= 11 is 0. The number of likely N-dealkylation sites (tertiary alicyclic amines) is 1. The summed E-state index contributed by atoms with van der Waals surface area (Å²) in [7, 11) is 2.20. The van der Waals surface area contributed by atoms with Crippen LogP contribution in [0.2, 0.25) is 0 Å². The van der Waals surface area contributed by atoms with Crippen LogP contribution in [0.1, 0.15) is 26.2 Å². The quantitative estimate of drug-likeness (QED) is 0.536. The molecule has 0 aromatic rings. The van der Waals surface area contributed by atoms with Gasteiger partial charge in [0, 0.05) is 19.0 Å². The van der Waals surface area contributed by atoms with Gasteiger partial charge in [0.2, 0.25) is 0 Å². The first-order chi connectivity index (χ1) is 6.74. The van der Waals surface area contributed by atoms with Crippen LogP contribution in [0.3, 0.4) is 0 Å². The Morgan fingerprint density at radius 2 is 2.36 bits per heavy atom. The number of hydrogen-bond donors (Lipinski definition) is 1. The summed E-state index contributed by atoms with van der Waals surface area (Å²) in [6, 6.07) is 0.698. The van der Waals surface area contributed by atoms with Crippen LogP contribution >= 0.6 is 0 Å². The Balaban J connectivity index is 2.15. The van der Waals surface area contributed by atoms with Gasteiger partial charge in [-0.25, -0.2) is 0 Å². The number of unbranched alkanes of at least 4 members (excludes halogenated alkanes) is 1. The van der Waals surface area contributed by atoms with E-state index >= 15 is 0 Å². The molecule has 80 valence electrons. The SMILES string of the molecule is C#CCCCNC1CCN(C)CC1C. The number of terminal acetylenes is 1. The summed E-state index contributed by atoms with van der Waals surface area (Å²) in [5.41, 5.74) is 0. The Hall–Kier alpha value is -0.520. The van der Waals surface area contributed by atoms with Crippen molar-refractivity contribution in [1.82, 2.24) is 10.2 Å². The van der Waals surface area contributed by atoms with Gasteiger partial charge in [0.05, 0.1) is 0 Å². The van der Waals surface area contributed by atoms with E-state index in [4.69, 9.17) is 6.42 Å². The molecule has 1 N–H and O–H groups in total. The highest BCUT2D eigenvalue weighted by atomic mass is 15.1. The number of rotatable bonds is 4. The Morgan fingerprint density at radius 1 is 1.57 bits per heavy atom. The molecule has 1 aliphatic rings. The van der Waals surface area contributed by atoms with E-state index in [0.29, 0.717) is 6.04 Å². The molecule has 1 heterocycles. The molecule has 0 aliphatic carbocycles. The number of hydrogen-bond acceptors (Lipinski definition) is 2. The second kappa shape index (κ2) is 6.06. The van der Waals surface area contributed by atoms with Gasteiger partial charge in [0.1, 0.15) is 0 Å². The van der Waals surface area contributed by atoms with Gasteiger partial charge in [-0.15, -0.1) is 12.3 Å². The van der Waals surface area contributed by atoms with Crippen molar-refractivity contribution < 1.29 is 0 Å². The van der Waals surface area contributed by atoms with E-state index < -0.39 is 0 Å². The van der Waals surface area contributed by atoms with Crippen LogP contribution in [0, 0.1) is 18.3 Å². The van der Waals surface area contributed by atoms with Gasteiger partial charge in [-0.1, -0.05) is 6.92 Å². The second-order valence-electron chi connectivity index (χ2n) is 4.40. The molecule has 2 unspecified atom stereocenters. The first-order valence-electron chi connectivity index (χ1n) is 5.59. The maximum absolute atomic E-state index is 5.21. The molecule has 0 radical (unpaired) electrons. The van der Waals surface area contributed by atoms with Crippen molar-refractivity contribution in [2.24, 2.45) is 5.92 Å². The third-order valence-corrected chi connectivity index (χ3v) is 3.01. The van der Waals surface area contributed by atoms with Crippen molar-refractivity contribution in [2.45, 2.75) is 32.2 Å². The summed E-state index contributed by atoms with van der Waals surface area (Å²) in [5, 5.41) is 3.60. The molecule has 0 bridgehead atoms. The van der Waals surface area contributed by atoms with Gasteiger partial charge in [-0.3, -0.25) is 0 Å². The lowest BCUT2D eigenvalue weighted by atomic mass is 9.94. The number of nitrogens with one attached hydrogen (secondary N) is 1. The fourth-order valence-electron chi connectivity index (χ4n) is 2.14. The average molecular weight is 194 g/mol. The van der Waals surface area contributed by atoms with Crippen molar-refractivity contribution in [3.63, 3.8) is 0 Å². The average Bonchev–Trinajstić information content (AvgIpc) is 2.15. The van der Waals surface area contributed by atoms with Crippen LogP contribution in [0.15, 0.2) is 0 Å². The standard InChI is InChI=1S/C12H22N2/c1-4-5-6-8-13-12-7-9-14(3)10-11(12)2/h1,11-13H,5-10H2,2-3H3. The lowest BCUT2D eigenvalue weighted by Crippen LogP contribution is -2.47. The highest BCUT2D eigenvalue weighted by Gasteiger charge is 2.22. The molecule has 0 aromatic heterocycles. The predicted molar refractivity (Wildman–Crippen MR) is 61.1 cm³/mol. The van der Waals surface area contributed by atoms with E-state index in [0.717, 1.165) is 25.3 Å². The van der Waals surface area contributed by atoms with Crippen molar-refractivity contribution in [3.05, 3.63) is 0 Å². The minimum atomic E-state index is 0.698. The molecule has 0 amide bonds. The molecule has 0 aromatic carbocycles. The van der Waals surface area contributed by atoms with E-state index in [9.17, 15) is 0 Å². The molecule has 1 saturated heterocycles. The monoisotopic (exact) mass is 194 g/mol. The van der Waals surface area contributed by atoms with E-state index in [2.05, 4.69) is 30.1 Å². The summed E-state index contributed by atoms with van der Waals surface area (Å²) < 4.78 is 0. The predicted octanol–water partition coefficient (Wildman–Crippen LogP) is 1.33. The lowest BCUT2D eigenvalue weighted by Gasteiger charge is -2.35. The normalized spacial score (nSPS) is 28.6. The molecular weight excluding hydrogens is 172 g/mol. The molecule has 14 heavy (non-hydrogen) atoms. The van der Waals surface area contributed by atoms with Crippen LogP contribution in [-0.4, -0.2) is 37.6 Å². The molecule has 2 atom stereocenters. The molecular formula is C12H22N2. The van der Waals surface area contributed by atoms with Gasteiger partial charge in [-0.2, -0.15) is 0 Å². The topological polar surface area (TPSA) is 15.3 Å². The molecule has 0 saturated carbocycles. The fourth-order valence-corrected chi connectivity index (χ4v) is 2.14. The summed E-state index contributed by atoms with van der Waals surface area (Å²) in [6.45, 7) is 5.83. The number of nitrogens with zero attached hydrogens (tertiary/aromatic N) is 1. The Labute approximate surface area is 88.1 Å². The van der Waals surface area contributed by atoms with Crippen LogP contribution in [-0.2, 0) is 0 Å².